The number of carbonyl (C=O) groups excluding carboxylic acids is 2. The number of hydrogen-bond acceptors (Lipinski definition) is 4. The number of hydrogen-bond donors (Lipinski definition) is 2. The van der Waals surface area contributed by atoms with Crippen molar-refractivity contribution in [3.05, 3.63) is 57.6 Å². The van der Waals surface area contributed by atoms with Crippen LogP contribution < -0.4 is 10.6 Å². The predicted molar refractivity (Wildman–Crippen MR) is 108 cm³/mol. The van der Waals surface area contributed by atoms with Crippen LogP contribution in [0.4, 0.5) is 5.69 Å². The molecule has 0 radical (unpaired) electrons. The predicted octanol–water partition coefficient (Wildman–Crippen LogP) is 2.62. The number of sulfonamides is 1. The topological polar surface area (TPSA) is 95.6 Å². The summed E-state index contributed by atoms with van der Waals surface area (Å²) in [5.41, 5.74) is 1.84. The standard InChI is InChI=1S/C18H20BrN3O4S/c1-11-5-6-12(17(23)20-2)9-15(11)21-18(24)13-7-8-14(19)16(10-13)27(25,26)22(3)4/h5-10H,1-4H3,(H,20,23)(H,21,24). The van der Waals surface area contributed by atoms with Gasteiger partial charge in [-0.05, 0) is 58.7 Å². The summed E-state index contributed by atoms with van der Waals surface area (Å²) in [6, 6.07) is 9.30. The summed E-state index contributed by atoms with van der Waals surface area (Å²) >= 11 is 3.21. The summed E-state index contributed by atoms with van der Waals surface area (Å²) in [6.45, 7) is 1.80. The fraction of sp³-hybridized carbons (Fsp3) is 0.222. The molecule has 0 bridgehead atoms. The molecule has 9 heteroatoms. The lowest BCUT2D eigenvalue weighted by atomic mass is 10.1. The van der Waals surface area contributed by atoms with Gasteiger partial charge in [0.05, 0.1) is 4.90 Å². The maximum absolute atomic E-state index is 12.6. The van der Waals surface area contributed by atoms with E-state index >= 15 is 0 Å². The van der Waals surface area contributed by atoms with E-state index in [0.29, 0.717) is 15.7 Å². The van der Waals surface area contributed by atoms with Crippen LogP contribution in [0.25, 0.3) is 0 Å². The highest BCUT2D eigenvalue weighted by Gasteiger charge is 2.22. The first-order valence-electron chi connectivity index (χ1n) is 7.94. The molecule has 0 saturated carbocycles. The van der Waals surface area contributed by atoms with Gasteiger partial charge in [-0.15, -0.1) is 0 Å². The van der Waals surface area contributed by atoms with Crippen molar-refractivity contribution >= 4 is 43.5 Å². The van der Waals surface area contributed by atoms with Crippen LogP contribution >= 0.6 is 15.9 Å². The van der Waals surface area contributed by atoms with Gasteiger partial charge < -0.3 is 10.6 Å². The van der Waals surface area contributed by atoms with Crippen molar-refractivity contribution in [1.29, 1.82) is 0 Å². The number of anilines is 1. The largest absolute Gasteiger partial charge is 0.355 e. The van der Waals surface area contributed by atoms with E-state index in [1.54, 1.807) is 25.1 Å². The lowest BCUT2D eigenvalue weighted by Gasteiger charge is -2.14. The number of rotatable bonds is 5. The molecule has 0 atom stereocenters. The minimum absolute atomic E-state index is 0.00372. The first kappa shape index (κ1) is 21.1. The average molecular weight is 454 g/mol. The summed E-state index contributed by atoms with van der Waals surface area (Å²) < 4.78 is 26.3. The maximum atomic E-state index is 12.6. The van der Waals surface area contributed by atoms with Gasteiger partial charge in [0.2, 0.25) is 10.0 Å². The fourth-order valence-corrected chi connectivity index (χ4v) is 4.12. The third-order valence-corrected chi connectivity index (χ3v) is 6.74. The van der Waals surface area contributed by atoms with Crippen molar-refractivity contribution in [1.82, 2.24) is 9.62 Å². The third-order valence-electron chi connectivity index (χ3n) is 3.93. The molecule has 0 aliphatic rings. The summed E-state index contributed by atoms with van der Waals surface area (Å²) in [5, 5.41) is 5.26. The first-order chi connectivity index (χ1) is 12.6. The normalized spacial score (nSPS) is 11.3. The van der Waals surface area contributed by atoms with Crippen LogP contribution in [0, 0.1) is 6.92 Å². The van der Waals surface area contributed by atoms with Gasteiger partial charge in [-0.1, -0.05) is 6.07 Å². The Labute approximate surface area is 166 Å². The molecule has 0 aliphatic heterocycles. The summed E-state index contributed by atoms with van der Waals surface area (Å²) in [6.07, 6.45) is 0. The second-order valence-electron chi connectivity index (χ2n) is 6.00. The number of benzene rings is 2. The summed E-state index contributed by atoms with van der Waals surface area (Å²) in [7, 11) is 0.648. The van der Waals surface area contributed by atoms with Gasteiger partial charge in [0.15, 0.2) is 0 Å². The molecular weight excluding hydrogens is 434 g/mol. The highest BCUT2D eigenvalue weighted by atomic mass is 79.9. The van der Waals surface area contributed by atoms with Crippen LogP contribution in [0.15, 0.2) is 45.8 Å². The Balaban J connectivity index is 2.39. The van der Waals surface area contributed by atoms with Gasteiger partial charge in [-0.25, -0.2) is 12.7 Å². The number of carbonyl (C=O) groups is 2. The van der Waals surface area contributed by atoms with Crippen molar-refractivity contribution in [2.45, 2.75) is 11.8 Å². The van der Waals surface area contributed by atoms with Gasteiger partial charge >= 0.3 is 0 Å². The van der Waals surface area contributed by atoms with Crippen LogP contribution in [-0.4, -0.2) is 45.7 Å². The summed E-state index contributed by atoms with van der Waals surface area (Å²) in [5.74, 6) is -0.747. The molecule has 0 heterocycles. The molecule has 0 aliphatic carbocycles. The minimum atomic E-state index is -3.71. The Kier molecular flexibility index (Phi) is 6.40. The van der Waals surface area contributed by atoms with Gasteiger partial charge in [-0.3, -0.25) is 9.59 Å². The van der Waals surface area contributed by atoms with Crippen molar-refractivity contribution < 1.29 is 18.0 Å². The van der Waals surface area contributed by atoms with Gasteiger partial charge in [0, 0.05) is 42.4 Å². The second kappa shape index (κ2) is 8.20. The Bertz CT molecular complexity index is 1000. The summed E-state index contributed by atoms with van der Waals surface area (Å²) in [4.78, 5) is 24.4. The van der Waals surface area contributed by atoms with E-state index in [2.05, 4.69) is 26.6 Å². The average Bonchev–Trinajstić information content (AvgIpc) is 2.62. The molecule has 2 rings (SSSR count). The van der Waals surface area contributed by atoms with Crippen molar-refractivity contribution in [3.8, 4) is 0 Å². The molecule has 2 N–H and O–H groups in total. The highest BCUT2D eigenvalue weighted by molar-refractivity contribution is 9.10. The van der Waals surface area contributed by atoms with Gasteiger partial charge in [0.1, 0.15) is 0 Å². The van der Waals surface area contributed by atoms with Gasteiger partial charge in [-0.2, -0.15) is 0 Å². The number of halogens is 1. The number of amides is 2. The van der Waals surface area contributed by atoms with E-state index in [4.69, 9.17) is 0 Å². The number of nitrogens with zero attached hydrogens (tertiary/aromatic N) is 1. The fourth-order valence-electron chi connectivity index (χ4n) is 2.28. The molecular formula is C18H20BrN3O4S. The molecule has 0 saturated heterocycles. The Morgan fingerprint density at radius 3 is 2.19 bits per heavy atom. The van der Waals surface area contributed by atoms with E-state index in [9.17, 15) is 18.0 Å². The second-order valence-corrected chi connectivity index (χ2v) is 8.97. The van der Waals surface area contributed by atoms with E-state index in [1.807, 2.05) is 0 Å². The quantitative estimate of drug-likeness (QED) is 0.726. The van der Waals surface area contributed by atoms with Gasteiger partial charge in [0.25, 0.3) is 11.8 Å². The smallest absolute Gasteiger partial charge is 0.255 e. The lowest BCUT2D eigenvalue weighted by molar-refractivity contribution is 0.0961. The molecule has 27 heavy (non-hydrogen) atoms. The van der Waals surface area contributed by atoms with Crippen molar-refractivity contribution in [3.63, 3.8) is 0 Å². The maximum Gasteiger partial charge on any atom is 0.255 e. The van der Waals surface area contributed by atoms with Crippen LogP contribution in [-0.2, 0) is 10.0 Å². The highest BCUT2D eigenvalue weighted by Crippen LogP contribution is 2.26. The zero-order valence-corrected chi connectivity index (χ0v) is 17.7. The molecule has 0 fully saturated rings. The van der Waals surface area contributed by atoms with E-state index in [-0.39, 0.29) is 16.4 Å². The van der Waals surface area contributed by atoms with Crippen molar-refractivity contribution in [2.24, 2.45) is 0 Å². The third kappa shape index (κ3) is 4.55. The van der Waals surface area contributed by atoms with E-state index < -0.39 is 15.9 Å². The zero-order valence-electron chi connectivity index (χ0n) is 15.3. The Morgan fingerprint density at radius 2 is 1.59 bits per heavy atom. The molecule has 7 nitrogen and oxygen atoms in total. The van der Waals surface area contributed by atoms with Crippen LogP contribution in [0.5, 0.6) is 0 Å². The molecule has 2 amide bonds. The molecule has 0 spiro atoms. The molecule has 2 aromatic rings. The number of aryl methyl sites for hydroxylation is 1. The first-order valence-corrected chi connectivity index (χ1v) is 10.2. The monoisotopic (exact) mass is 453 g/mol. The van der Waals surface area contributed by atoms with Crippen molar-refractivity contribution in [2.75, 3.05) is 26.5 Å². The zero-order chi connectivity index (χ0) is 20.4. The van der Waals surface area contributed by atoms with E-state index in [0.717, 1.165) is 9.87 Å². The lowest BCUT2D eigenvalue weighted by Crippen LogP contribution is -2.23. The molecule has 0 unspecified atom stereocenters. The Morgan fingerprint density at radius 1 is 1.00 bits per heavy atom. The molecule has 0 aromatic heterocycles. The van der Waals surface area contributed by atoms with Crippen LogP contribution in [0.3, 0.4) is 0 Å². The molecule has 144 valence electrons. The molecule has 2 aromatic carbocycles. The van der Waals surface area contributed by atoms with E-state index in [1.165, 1.54) is 39.3 Å². The van der Waals surface area contributed by atoms with Crippen LogP contribution in [0.2, 0.25) is 0 Å². The SMILES string of the molecule is CNC(=O)c1ccc(C)c(NC(=O)c2ccc(Br)c(S(=O)(=O)N(C)C)c2)c1. The Hall–Kier alpha value is -2.23. The number of nitrogens with one attached hydrogen (secondary N) is 2. The minimum Gasteiger partial charge on any atom is -0.355 e. The van der Waals surface area contributed by atoms with Crippen LogP contribution in [0.1, 0.15) is 26.3 Å².